The summed E-state index contributed by atoms with van der Waals surface area (Å²) in [5.41, 5.74) is 1.94. The lowest BCUT2D eigenvalue weighted by atomic mass is 9.99. The van der Waals surface area contributed by atoms with E-state index in [1.54, 1.807) is 14.2 Å². The Hall–Kier alpha value is -2.01. The van der Waals surface area contributed by atoms with Crippen LogP contribution in [0.4, 0.5) is 5.82 Å². The number of benzene rings is 1. The SMILES string of the molecule is COc1ccc(OC)c2c(C)cc(N3CCC[C@@H](CO)C3)nc12. The van der Waals surface area contributed by atoms with E-state index in [1.165, 1.54) is 0 Å². The van der Waals surface area contributed by atoms with Gasteiger partial charge in [-0.25, -0.2) is 4.98 Å². The Bertz CT molecular complexity index is 702. The zero-order valence-corrected chi connectivity index (χ0v) is 14.0. The molecule has 1 aromatic carbocycles. The summed E-state index contributed by atoms with van der Waals surface area (Å²) >= 11 is 0. The number of hydrogen-bond acceptors (Lipinski definition) is 5. The van der Waals surface area contributed by atoms with Crippen LogP contribution in [0.2, 0.25) is 0 Å². The van der Waals surface area contributed by atoms with Crippen molar-refractivity contribution in [3.05, 3.63) is 23.8 Å². The van der Waals surface area contributed by atoms with E-state index < -0.39 is 0 Å². The van der Waals surface area contributed by atoms with Crippen molar-refractivity contribution in [3.8, 4) is 11.5 Å². The van der Waals surface area contributed by atoms with Crippen LogP contribution < -0.4 is 14.4 Å². The maximum atomic E-state index is 9.45. The van der Waals surface area contributed by atoms with Crippen molar-refractivity contribution >= 4 is 16.7 Å². The number of nitrogens with zero attached hydrogens (tertiary/aromatic N) is 2. The second-order valence-electron chi connectivity index (χ2n) is 6.13. The van der Waals surface area contributed by atoms with Gasteiger partial charge >= 0.3 is 0 Å². The Morgan fingerprint density at radius 1 is 1.26 bits per heavy atom. The highest BCUT2D eigenvalue weighted by Crippen LogP contribution is 2.36. The number of anilines is 1. The molecule has 124 valence electrons. The van der Waals surface area contributed by atoms with Crippen molar-refractivity contribution in [3.63, 3.8) is 0 Å². The molecule has 0 aliphatic carbocycles. The predicted molar refractivity (Wildman–Crippen MR) is 91.6 cm³/mol. The standard InChI is InChI=1S/C18H24N2O3/c1-12-9-16(20-8-4-5-13(10-20)11-21)19-18-15(23-3)7-6-14(22-2)17(12)18/h6-7,9,13,21H,4-5,8,10-11H2,1-3H3/t13-/m1/s1. The Kier molecular flexibility index (Phi) is 4.57. The second kappa shape index (κ2) is 6.62. The molecule has 2 heterocycles. The van der Waals surface area contributed by atoms with Crippen LogP contribution in [0.1, 0.15) is 18.4 Å². The molecule has 23 heavy (non-hydrogen) atoms. The Morgan fingerprint density at radius 3 is 2.70 bits per heavy atom. The Labute approximate surface area is 136 Å². The summed E-state index contributed by atoms with van der Waals surface area (Å²) in [4.78, 5) is 7.11. The van der Waals surface area contributed by atoms with Crippen molar-refractivity contribution in [2.24, 2.45) is 5.92 Å². The van der Waals surface area contributed by atoms with Crippen molar-refractivity contribution in [1.29, 1.82) is 0 Å². The van der Waals surface area contributed by atoms with Crippen molar-refractivity contribution in [2.75, 3.05) is 38.8 Å². The predicted octanol–water partition coefficient (Wildman–Crippen LogP) is 2.77. The fourth-order valence-electron chi connectivity index (χ4n) is 3.38. The maximum absolute atomic E-state index is 9.45. The number of fused-ring (bicyclic) bond motifs is 1. The number of aliphatic hydroxyl groups is 1. The zero-order valence-electron chi connectivity index (χ0n) is 14.0. The van der Waals surface area contributed by atoms with Crippen LogP contribution in [0.3, 0.4) is 0 Å². The van der Waals surface area contributed by atoms with Crippen LogP contribution in [0.5, 0.6) is 11.5 Å². The largest absolute Gasteiger partial charge is 0.496 e. The number of aromatic nitrogens is 1. The first-order chi connectivity index (χ1) is 11.2. The lowest BCUT2D eigenvalue weighted by molar-refractivity contribution is 0.208. The molecular formula is C18H24N2O3. The number of aliphatic hydroxyl groups excluding tert-OH is 1. The van der Waals surface area contributed by atoms with Crippen LogP contribution >= 0.6 is 0 Å². The molecule has 1 saturated heterocycles. The van der Waals surface area contributed by atoms with E-state index in [0.717, 1.165) is 59.7 Å². The van der Waals surface area contributed by atoms with Crippen molar-refractivity contribution < 1.29 is 14.6 Å². The lowest BCUT2D eigenvalue weighted by Crippen LogP contribution is -2.37. The van der Waals surface area contributed by atoms with E-state index in [9.17, 15) is 5.11 Å². The number of ether oxygens (including phenoxy) is 2. The van der Waals surface area contributed by atoms with Gasteiger partial charge in [0.2, 0.25) is 0 Å². The summed E-state index contributed by atoms with van der Waals surface area (Å²) in [6.45, 7) is 4.13. The quantitative estimate of drug-likeness (QED) is 0.940. The fourth-order valence-corrected chi connectivity index (χ4v) is 3.38. The highest BCUT2D eigenvalue weighted by molar-refractivity contribution is 5.94. The van der Waals surface area contributed by atoms with E-state index in [-0.39, 0.29) is 6.61 Å². The minimum absolute atomic E-state index is 0.236. The molecule has 1 atom stereocenters. The van der Waals surface area contributed by atoms with E-state index >= 15 is 0 Å². The maximum Gasteiger partial charge on any atom is 0.145 e. The summed E-state index contributed by atoms with van der Waals surface area (Å²) in [5, 5.41) is 10.4. The van der Waals surface area contributed by atoms with Crippen molar-refractivity contribution in [1.82, 2.24) is 4.98 Å². The van der Waals surface area contributed by atoms with E-state index in [1.807, 2.05) is 12.1 Å². The summed E-state index contributed by atoms with van der Waals surface area (Å²) in [7, 11) is 3.33. The average molecular weight is 316 g/mol. The Morgan fingerprint density at radius 2 is 2.00 bits per heavy atom. The van der Waals surface area contributed by atoms with Crippen LogP contribution in [0.15, 0.2) is 18.2 Å². The molecule has 1 N–H and O–H groups in total. The minimum Gasteiger partial charge on any atom is -0.496 e. The fraction of sp³-hybridized carbons (Fsp3) is 0.500. The summed E-state index contributed by atoms with van der Waals surface area (Å²) in [6, 6.07) is 5.91. The number of pyridine rings is 1. The molecule has 5 nitrogen and oxygen atoms in total. The highest BCUT2D eigenvalue weighted by Gasteiger charge is 2.22. The van der Waals surface area contributed by atoms with Gasteiger partial charge < -0.3 is 19.5 Å². The molecule has 3 rings (SSSR count). The van der Waals surface area contributed by atoms with Crippen LogP contribution in [-0.2, 0) is 0 Å². The van der Waals surface area contributed by atoms with Crippen LogP contribution in [0, 0.1) is 12.8 Å². The molecular weight excluding hydrogens is 292 g/mol. The van der Waals surface area contributed by atoms with Gasteiger partial charge in [0.05, 0.1) is 14.2 Å². The van der Waals surface area contributed by atoms with E-state index in [0.29, 0.717) is 5.92 Å². The number of aryl methyl sites for hydroxylation is 1. The third kappa shape index (κ3) is 2.93. The molecule has 0 bridgehead atoms. The number of rotatable bonds is 4. The Balaban J connectivity index is 2.09. The van der Waals surface area contributed by atoms with E-state index in [2.05, 4.69) is 17.9 Å². The first-order valence-corrected chi connectivity index (χ1v) is 8.06. The molecule has 0 radical (unpaired) electrons. The molecule has 1 aliphatic heterocycles. The molecule has 0 unspecified atom stereocenters. The monoisotopic (exact) mass is 316 g/mol. The first-order valence-electron chi connectivity index (χ1n) is 8.06. The van der Waals surface area contributed by atoms with Gasteiger partial charge in [0.15, 0.2) is 0 Å². The molecule has 2 aromatic rings. The minimum atomic E-state index is 0.236. The van der Waals surface area contributed by atoms with Gasteiger partial charge in [-0.1, -0.05) is 0 Å². The summed E-state index contributed by atoms with van der Waals surface area (Å²) in [6.07, 6.45) is 2.16. The molecule has 5 heteroatoms. The van der Waals surface area contributed by atoms with Crippen LogP contribution in [-0.4, -0.2) is 44.0 Å². The number of hydrogen-bond donors (Lipinski definition) is 1. The van der Waals surface area contributed by atoms with Gasteiger partial charge in [0.1, 0.15) is 22.8 Å². The van der Waals surface area contributed by atoms with E-state index in [4.69, 9.17) is 14.5 Å². The summed E-state index contributed by atoms with van der Waals surface area (Å²) in [5.74, 6) is 2.83. The third-order valence-electron chi connectivity index (χ3n) is 4.61. The number of piperidine rings is 1. The van der Waals surface area contributed by atoms with Gasteiger partial charge in [-0.2, -0.15) is 0 Å². The zero-order chi connectivity index (χ0) is 16.4. The molecule has 0 amide bonds. The van der Waals surface area contributed by atoms with Gasteiger partial charge in [-0.3, -0.25) is 0 Å². The van der Waals surface area contributed by atoms with Gasteiger partial charge in [-0.05, 0) is 49.4 Å². The highest BCUT2D eigenvalue weighted by atomic mass is 16.5. The van der Waals surface area contributed by atoms with Crippen molar-refractivity contribution in [2.45, 2.75) is 19.8 Å². The van der Waals surface area contributed by atoms with Gasteiger partial charge in [0, 0.05) is 25.1 Å². The van der Waals surface area contributed by atoms with Gasteiger partial charge in [-0.15, -0.1) is 0 Å². The average Bonchev–Trinajstić information content (AvgIpc) is 2.60. The van der Waals surface area contributed by atoms with Gasteiger partial charge in [0.25, 0.3) is 0 Å². The normalized spacial score (nSPS) is 18.3. The third-order valence-corrected chi connectivity index (χ3v) is 4.61. The number of methoxy groups -OCH3 is 2. The van der Waals surface area contributed by atoms with Crippen LogP contribution in [0.25, 0.3) is 10.9 Å². The summed E-state index contributed by atoms with van der Waals surface area (Å²) < 4.78 is 11.0. The smallest absolute Gasteiger partial charge is 0.145 e. The molecule has 1 aromatic heterocycles. The molecule has 0 spiro atoms. The second-order valence-corrected chi connectivity index (χ2v) is 6.13. The molecule has 1 fully saturated rings. The topological polar surface area (TPSA) is 54.8 Å². The molecule has 1 aliphatic rings. The first kappa shape index (κ1) is 15.9. The lowest BCUT2D eigenvalue weighted by Gasteiger charge is -2.33. The molecule has 0 saturated carbocycles.